The molecule has 1 aliphatic rings. The second-order valence-corrected chi connectivity index (χ2v) is 10.4. The Kier molecular flexibility index (Phi) is 7.70. The molecule has 0 bridgehead atoms. The molecule has 0 fully saturated rings. The lowest BCUT2D eigenvalue weighted by Crippen LogP contribution is -2.31. The van der Waals surface area contributed by atoms with Crippen LogP contribution in [0.1, 0.15) is 64.6 Å². The molecule has 1 aliphatic heterocycles. The van der Waals surface area contributed by atoms with Crippen LogP contribution in [-0.4, -0.2) is 45.4 Å². The van der Waals surface area contributed by atoms with E-state index in [-0.39, 0.29) is 23.8 Å². The maximum Gasteiger partial charge on any atom is 0.273 e. The zero-order valence-electron chi connectivity index (χ0n) is 22.9. The van der Waals surface area contributed by atoms with Gasteiger partial charge in [-0.3, -0.25) is 9.89 Å². The summed E-state index contributed by atoms with van der Waals surface area (Å²) in [6, 6.07) is 21.3. The standard InChI is InChI=1S/C32H35N3O4/c1-20(2)38-16-8-15-35-31(24-11-13-25(14-12-24)39-19-23-9-6-5-7-10-23)28-29(33-34-30(28)32(35)37)27-22(4)17-21(3)18-26(27)36/h5-7,9-14,17-18,20,31,36H,8,15-16,19H2,1-4H3,(H,33,34). The number of fused-ring (bicyclic) bond motifs is 1. The maximum absolute atomic E-state index is 13.6. The van der Waals surface area contributed by atoms with Crippen LogP contribution in [0.5, 0.6) is 11.5 Å². The predicted octanol–water partition coefficient (Wildman–Crippen LogP) is 6.34. The second kappa shape index (κ2) is 11.3. The molecule has 0 saturated carbocycles. The Morgan fingerprint density at radius 3 is 2.49 bits per heavy atom. The van der Waals surface area contributed by atoms with Crippen LogP contribution in [0.25, 0.3) is 11.3 Å². The number of phenolic OH excluding ortho intramolecular Hbond substituents is 1. The molecule has 202 valence electrons. The van der Waals surface area contributed by atoms with Crippen molar-refractivity contribution in [2.75, 3.05) is 13.2 Å². The highest BCUT2D eigenvalue weighted by atomic mass is 16.5. The van der Waals surface area contributed by atoms with E-state index >= 15 is 0 Å². The van der Waals surface area contributed by atoms with Gasteiger partial charge < -0.3 is 19.5 Å². The number of aryl methyl sites for hydroxylation is 2. The summed E-state index contributed by atoms with van der Waals surface area (Å²) in [5.74, 6) is 0.803. The molecule has 0 spiro atoms. The van der Waals surface area contributed by atoms with Crippen LogP contribution in [0, 0.1) is 13.8 Å². The van der Waals surface area contributed by atoms with Gasteiger partial charge in [-0.05, 0) is 74.6 Å². The summed E-state index contributed by atoms with van der Waals surface area (Å²) in [7, 11) is 0. The summed E-state index contributed by atoms with van der Waals surface area (Å²) in [6.07, 6.45) is 0.843. The van der Waals surface area contributed by atoms with E-state index in [0.29, 0.717) is 43.1 Å². The Balaban J connectivity index is 1.48. The minimum absolute atomic E-state index is 0.105. The summed E-state index contributed by atoms with van der Waals surface area (Å²) < 4.78 is 11.7. The number of benzene rings is 3. The largest absolute Gasteiger partial charge is 0.507 e. The van der Waals surface area contributed by atoms with Crippen LogP contribution < -0.4 is 4.74 Å². The second-order valence-electron chi connectivity index (χ2n) is 10.4. The van der Waals surface area contributed by atoms with E-state index in [2.05, 4.69) is 10.2 Å². The zero-order chi connectivity index (χ0) is 27.5. The monoisotopic (exact) mass is 525 g/mol. The van der Waals surface area contributed by atoms with Crippen molar-refractivity contribution in [2.24, 2.45) is 0 Å². The molecule has 2 N–H and O–H groups in total. The first kappa shape index (κ1) is 26.5. The maximum atomic E-state index is 13.6. The molecule has 5 rings (SSSR count). The Labute approximate surface area is 229 Å². The number of ether oxygens (including phenoxy) is 2. The van der Waals surface area contributed by atoms with E-state index < -0.39 is 0 Å². The van der Waals surface area contributed by atoms with Gasteiger partial charge in [0.1, 0.15) is 29.5 Å². The Hall–Kier alpha value is -4.10. The van der Waals surface area contributed by atoms with Crippen molar-refractivity contribution in [1.82, 2.24) is 15.1 Å². The van der Waals surface area contributed by atoms with Gasteiger partial charge in [-0.2, -0.15) is 5.10 Å². The fraction of sp³-hybridized carbons (Fsp3) is 0.312. The van der Waals surface area contributed by atoms with Gasteiger partial charge >= 0.3 is 0 Å². The Morgan fingerprint density at radius 1 is 1.05 bits per heavy atom. The Morgan fingerprint density at radius 2 is 1.79 bits per heavy atom. The molecule has 1 unspecified atom stereocenters. The molecule has 0 radical (unpaired) electrons. The number of nitrogens with one attached hydrogen (secondary N) is 1. The summed E-state index contributed by atoms with van der Waals surface area (Å²) in [4.78, 5) is 15.5. The van der Waals surface area contributed by atoms with Gasteiger partial charge in [0.2, 0.25) is 0 Å². The lowest BCUT2D eigenvalue weighted by molar-refractivity contribution is 0.0601. The molecule has 4 aromatic rings. The third kappa shape index (κ3) is 5.54. The summed E-state index contributed by atoms with van der Waals surface area (Å²) >= 11 is 0. The predicted molar refractivity (Wildman–Crippen MR) is 151 cm³/mol. The average Bonchev–Trinajstić information content (AvgIpc) is 3.44. The lowest BCUT2D eigenvalue weighted by Gasteiger charge is -2.27. The first-order valence-electron chi connectivity index (χ1n) is 13.4. The smallest absolute Gasteiger partial charge is 0.273 e. The number of aromatic nitrogens is 2. The third-order valence-corrected chi connectivity index (χ3v) is 7.00. The highest BCUT2D eigenvalue weighted by molar-refractivity contribution is 6.00. The van der Waals surface area contributed by atoms with Crippen molar-refractivity contribution < 1.29 is 19.4 Å². The number of hydrogen-bond acceptors (Lipinski definition) is 5. The fourth-order valence-electron chi connectivity index (χ4n) is 5.26. The van der Waals surface area contributed by atoms with E-state index in [1.165, 1.54) is 0 Å². The first-order chi connectivity index (χ1) is 18.8. The van der Waals surface area contributed by atoms with Gasteiger partial charge in [0.05, 0.1) is 12.1 Å². The van der Waals surface area contributed by atoms with E-state index in [4.69, 9.17) is 9.47 Å². The van der Waals surface area contributed by atoms with E-state index in [0.717, 1.165) is 33.6 Å². The van der Waals surface area contributed by atoms with Crippen LogP contribution in [0.4, 0.5) is 0 Å². The minimum atomic E-state index is -0.358. The number of aromatic amines is 1. The SMILES string of the molecule is Cc1cc(C)c(-c2n[nH]c3c2C(c2ccc(OCc4ccccc4)cc2)N(CCCOC(C)C)C3=O)c(O)c1. The summed E-state index contributed by atoms with van der Waals surface area (Å²) in [5, 5.41) is 18.4. The number of rotatable bonds is 10. The van der Waals surface area contributed by atoms with Gasteiger partial charge in [-0.25, -0.2) is 0 Å². The number of phenols is 1. The minimum Gasteiger partial charge on any atom is -0.507 e. The van der Waals surface area contributed by atoms with Gasteiger partial charge in [0, 0.05) is 24.3 Å². The molecule has 7 heteroatoms. The molecular formula is C32H35N3O4. The van der Waals surface area contributed by atoms with E-state index in [9.17, 15) is 9.90 Å². The number of H-pyrrole nitrogens is 1. The van der Waals surface area contributed by atoms with Gasteiger partial charge in [0.15, 0.2) is 0 Å². The van der Waals surface area contributed by atoms with Crippen LogP contribution in [0.3, 0.4) is 0 Å². The van der Waals surface area contributed by atoms with Crippen molar-refractivity contribution in [3.05, 3.63) is 100 Å². The van der Waals surface area contributed by atoms with Crippen LogP contribution in [0.2, 0.25) is 0 Å². The Bertz CT molecular complexity index is 1420. The molecule has 7 nitrogen and oxygen atoms in total. The summed E-state index contributed by atoms with van der Waals surface area (Å²) in [5.41, 5.74) is 6.40. The number of nitrogens with zero attached hydrogens (tertiary/aromatic N) is 2. The number of carbonyl (C=O) groups is 1. The molecule has 2 heterocycles. The van der Waals surface area contributed by atoms with E-state index in [1.807, 2.05) is 93.3 Å². The molecule has 1 aromatic heterocycles. The number of aromatic hydroxyl groups is 1. The highest BCUT2D eigenvalue weighted by Crippen LogP contribution is 2.45. The van der Waals surface area contributed by atoms with Gasteiger partial charge in [-0.1, -0.05) is 48.5 Å². The van der Waals surface area contributed by atoms with Gasteiger partial charge in [0.25, 0.3) is 5.91 Å². The van der Waals surface area contributed by atoms with Crippen molar-refractivity contribution in [2.45, 2.75) is 52.9 Å². The number of hydrogen-bond donors (Lipinski definition) is 2. The third-order valence-electron chi connectivity index (χ3n) is 7.00. The molecule has 39 heavy (non-hydrogen) atoms. The van der Waals surface area contributed by atoms with Crippen molar-refractivity contribution >= 4 is 5.91 Å². The quantitative estimate of drug-likeness (QED) is 0.236. The molecule has 1 atom stereocenters. The van der Waals surface area contributed by atoms with Crippen LogP contribution >= 0.6 is 0 Å². The van der Waals surface area contributed by atoms with Crippen LogP contribution in [-0.2, 0) is 11.3 Å². The molecule has 1 amide bonds. The van der Waals surface area contributed by atoms with Gasteiger partial charge in [-0.15, -0.1) is 0 Å². The normalized spacial score (nSPS) is 14.7. The van der Waals surface area contributed by atoms with Crippen molar-refractivity contribution in [3.8, 4) is 22.8 Å². The van der Waals surface area contributed by atoms with Crippen molar-refractivity contribution in [3.63, 3.8) is 0 Å². The molecular weight excluding hydrogens is 490 g/mol. The number of carbonyl (C=O) groups excluding carboxylic acids is 1. The molecule has 0 saturated heterocycles. The fourth-order valence-corrected chi connectivity index (χ4v) is 5.26. The zero-order valence-corrected chi connectivity index (χ0v) is 22.9. The molecule has 0 aliphatic carbocycles. The average molecular weight is 526 g/mol. The summed E-state index contributed by atoms with van der Waals surface area (Å²) in [6.45, 7) is 9.48. The lowest BCUT2D eigenvalue weighted by atomic mass is 9.93. The van der Waals surface area contributed by atoms with E-state index in [1.54, 1.807) is 6.07 Å². The first-order valence-corrected chi connectivity index (χ1v) is 13.4. The topological polar surface area (TPSA) is 87.7 Å². The molecule has 3 aromatic carbocycles. The van der Waals surface area contributed by atoms with Crippen molar-refractivity contribution in [1.29, 1.82) is 0 Å². The highest BCUT2D eigenvalue weighted by Gasteiger charge is 2.42. The van der Waals surface area contributed by atoms with Crippen LogP contribution in [0.15, 0.2) is 66.7 Å². The number of amides is 1.